The Balaban J connectivity index is 2.92. The summed E-state index contributed by atoms with van der Waals surface area (Å²) in [6.45, 7) is 2.80. The zero-order chi connectivity index (χ0) is 13.2. The predicted octanol–water partition coefficient (Wildman–Crippen LogP) is 0.885. The molecule has 0 spiro atoms. The molecule has 0 unspecified atom stereocenters. The number of esters is 2. The normalized spacial score (nSPS) is 20.8. The quantitative estimate of drug-likeness (QED) is 0.202. The molecule has 17 heavy (non-hydrogen) atoms. The van der Waals surface area contributed by atoms with E-state index >= 15 is 0 Å². The van der Waals surface area contributed by atoms with Crippen molar-refractivity contribution in [3.05, 3.63) is 11.8 Å². The van der Waals surface area contributed by atoms with Crippen LogP contribution in [0.4, 0.5) is 0 Å². The van der Waals surface area contributed by atoms with Gasteiger partial charge < -0.3 is 14.6 Å². The maximum atomic E-state index is 11.5. The Hall–Kier alpha value is -1.12. The highest BCUT2D eigenvalue weighted by molar-refractivity contribution is 14.1. The number of hydrogen-bond acceptors (Lipinski definition) is 6. The SMILES string of the molecule is CC1(C)OC(=O)C(C(O)=CC(=O)CI)C(=O)O1. The molecule has 0 aromatic carbocycles. The van der Waals surface area contributed by atoms with E-state index in [1.807, 2.05) is 0 Å². The summed E-state index contributed by atoms with van der Waals surface area (Å²) in [6, 6.07) is 0. The number of carbonyl (C=O) groups is 3. The van der Waals surface area contributed by atoms with E-state index in [-0.39, 0.29) is 4.43 Å². The number of ether oxygens (including phenoxy) is 2. The standard InChI is InChI=1S/C10H11IO6/c1-10(2)16-8(14)7(9(15)17-10)6(13)3-5(12)4-11/h3,7,13H,4H2,1-2H3. The van der Waals surface area contributed by atoms with Crippen LogP contribution in [0.5, 0.6) is 0 Å². The number of allylic oxidation sites excluding steroid dienone is 1. The topological polar surface area (TPSA) is 89.9 Å². The summed E-state index contributed by atoms with van der Waals surface area (Å²) in [6.07, 6.45) is 0.831. The van der Waals surface area contributed by atoms with Gasteiger partial charge in [0, 0.05) is 19.9 Å². The minimum Gasteiger partial charge on any atom is -0.511 e. The van der Waals surface area contributed by atoms with Gasteiger partial charge in [-0.1, -0.05) is 22.6 Å². The molecule has 0 bridgehead atoms. The fraction of sp³-hybridized carbons (Fsp3) is 0.500. The molecule has 1 aliphatic heterocycles. The number of hydrogen-bond donors (Lipinski definition) is 1. The average molecular weight is 354 g/mol. The lowest BCUT2D eigenvalue weighted by Gasteiger charge is -2.32. The lowest BCUT2D eigenvalue weighted by atomic mass is 10.1. The Morgan fingerprint density at radius 2 is 1.88 bits per heavy atom. The highest BCUT2D eigenvalue weighted by Crippen LogP contribution is 2.26. The number of aliphatic hydroxyl groups excluding tert-OH is 1. The van der Waals surface area contributed by atoms with Gasteiger partial charge in [-0.3, -0.25) is 14.4 Å². The van der Waals surface area contributed by atoms with Gasteiger partial charge in [0.2, 0.25) is 5.92 Å². The second kappa shape index (κ2) is 5.03. The summed E-state index contributed by atoms with van der Waals surface area (Å²) in [7, 11) is 0. The highest BCUT2D eigenvalue weighted by atomic mass is 127. The molecule has 1 aliphatic rings. The number of ketones is 1. The smallest absolute Gasteiger partial charge is 0.331 e. The van der Waals surface area contributed by atoms with Gasteiger partial charge in [-0.05, 0) is 0 Å². The molecular weight excluding hydrogens is 343 g/mol. The molecule has 0 aromatic rings. The van der Waals surface area contributed by atoms with Crippen LogP contribution in [0.3, 0.4) is 0 Å². The van der Waals surface area contributed by atoms with Crippen LogP contribution in [-0.2, 0) is 23.9 Å². The van der Waals surface area contributed by atoms with Crippen molar-refractivity contribution in [2.75, 3.05) is 4.43 Å². The van der Waals surface area contributed by atoms with Crippen LogP contribution >= 0.6 is 22.6 Å². The molecule has 1 saturated heterocycles. The molecule has 94 valence electrons. The Labute approximate surface area is 111 Å². The second-order valence-corrected chi connectivity index (χ2v) is 4.61. The second-order valence-electron chi connectivity index (χ2n) is 3.84. The molecule has 7 heteroatoms. The molecule has 1 heterocycles. The van der Waals surface area contributed by atoms with Gasteiger partial charge in [0.05, 0.1) is 4.43 Å². The third-order valence-corrected chi connectivity index (χ3v) is 2.65. The monoisotopic (exact) mass is 354 g/mol. The van der Waals surface area contributed by atoms with Crippen LogP contribution in [-0.4, -0.2) is 33.0 Å². The molecule has 0 atom stereocenters. The molecule has 0 radical (unpaired) electrons. The first-order valence-corrected chi connectivity index (χ1v) is 6.24. The number of rotatable bonds is 3. The minimum atomic E-state index is -1.57. The first-order valence-electron chi connectivity index (χ1n) is 4.72. The van der Waals surface area contributed by atoms with Gasteiger partial charge in [0.15, 0.2) is 5.78 Å². The van der Waals surface area contributed by atoms with Gasteiger partial charge >= 0.3 is 11.9 Å². The molecular formula is C10H11IO6. The summed E-state index contributed by atoms with van der Waals surface area (Å²) in [5.74, 6) is -5.85. The van der Waals surface area contributed by atoms with E-state index in [1.165, 1.54) is 13.8 Å². The van der Waals surface area contributed by atoms with E-state index in [9.17, 15) is 19.5 Å². The van der Waals surface area contributed by atoms with Crippen molar-refractivity contribution in [1.29, 1.82) is 0 Å². The number of alkyl halides is 1. The van der Waals surface area contributed by atoms with Crippen molar-refractivity contribution in [1.82, 2.24) is 0 Å². The van der Waals surface area contributed by atoms with Crippen LogP contribution in [0.2, 0.25) is 0 Å². The Morgan fingerprint density at radius 1 is 1.41 bits per heavy atom. The van der Waals surface area contributed by atoms with E-state index < -0.39 is 35.2 Å². The van der Waals surface area contributed by atoms with E-state index in [0.29, 0.717) is 0 Å². The molecule has 0 saturated carbocycles. The van der Waals surface area contributed by atoms with Crippen LogP contribution in [0.1, 0.15) is 13.8 Å². The Bertz CT molecular complexity index is 378. The molecule has 0 aliphatic carbocycles. The summed E-state index contributed by atoms with van der Waals surface area (Å²) in [5, 5.41) is 9.52. The summed E-state index contributed by atoms with van der Waals surface area (Å²) < 4.78 is 9.72. The van der Waals surface area contributed by atoms with Gasteiger partial charge in [0.1, 0.15) is 5.76 Å². The fourth-order valence-corrected chi connectivity index (χ4v) is 1.47. The molecule has 6 nitrogen and oxygen atoms in total. The number of cyclic esters (lactones) is 2. The van der Waals surface area contributed by atoms with Gasteiger partial charge in [-0.15, -0.1) is 0 Å². The number of aliphatic hydroxyl groups is 1. The average Bonchev–Trinajstić information content (AvgIpc) is 2.13. The van der Waals surface area contributed by atoms with Crippen molar-refractivity contribution >= 4 is 40.3 Å². The third-order valence-electron chi connectivity index (χ3n) is 1.90. The van der Waals surface area contributed by atoms with Crippen LogP contribution in [0.15, 0.2) is 11.8 Å². The maximum absolute atomic E-state index is 11.5. The van der Waals surface area contributed by atoms with Gasteiger partial charge in [-0.2, -0.15) is 0 Å². The van der Waals surface area contributed by atoms with E-state index in [4.69, 9.17) is 9.47 Å². The van der Waals surface area contributed by atoms with E-state index in [1.54, 1.807) is 22.6 Å². The molecule has 0 amide bonds. The molecule has 1 fully saturated rings. The lowest BCUT2D eigenvalue weighted by Crippen LogP contribution is -2.47. The minimum absolute atomic E-state index is 0.129. The predicted molar refractivity (Wildman–Crippen MR) is 64.4 cm³/mol. The first-order chi connectivity index (χ1) is 7.76. The summed E-state index contributed by atoms with van der Waals surface area (Å²) >= 11 is 1.80. The maximum Gasteiger partial charge on any atom is 0.331 e. The van der Waals surface area contributed by atoms with E-state index in [0.717, 1.165) is 6.08 Å². The zero-order valence-corrected chi connectivity index (χ0v) is 11.4. The lowest BCUT2D eigenvalue weighted by molar-refractivity contribution is -0.238. The van der Waals surface area contributed by atoms with Gasteiger partial charge in [-0.25, -0.2) is 0 Å². The van der Waals surface area contributed by atoms with Crippen molar-refractivity contribution in [2.45, 2.75) is 19.6 Å². The van der Waals surface area contributed by atoms with E-state index in [2.05, 4.69) is 0 Å². The van der Waals surface area contributed by atoms with Crippen LogP contribution in [0, 0.1) is 5.92 Å². The van der Waals surface area contributed by atoms with Gasteiger partial charge in [0.25, 0.3) is 5.79 Å². The summed E-state index contributed by atoms with van der Waals surface area (Å²) in [4.78, 5) is 34.0. The van der Waals surface area contributed by atoms with Crippen LogP contribution in [0.25, 0.3) is 0 Å². The summed E-state index contributed by atoms with van der Waals surface area (Å²) in [5.41, 5.74) is 0. The van der Waals surface area contributed by atoms with Crippen molar-refractivity contribution in [3.63, 3.8) is 0 Å². The first kappa shape index (κ1) is 13.9. The highest BCUT2D eigenvalue weighted by Gasteiger charge is 2.45. The third kappa shape index (κ3) is 3.42. The fourth-order valence-electron chi connectivity index (χ4n) is 1.25. The molecule has 1 rings (SSSR count). The number of halogens is 1. The Kier molecular flexibility index (Phi) is 4.12. The molecule has 1 N–H and O–H groups in total. The molecule has 0 aromatic heterocycles. The van der Waals surface area contributed by atoms with Crippen molar-refractivity contribution in [2.24, 2.45) is 5.92 Å². The number of carbonyl (C=O) groups excluding carboxylic acids is 3. The van der Waals surface area contributed by atoms with Crippen molar-refractivity contribution in [3.8, 4) is 0 Å². The largest absolute Gasteiger partial charge is 0.511 e. The van der Waals surface area contributed by atoms with Crippen LogP contribution < -0.4 is 0 Å². The van der Waals surface area contributed by atoms with Crippen molar-refractivity contribution < 1.29 is 29.0 Å². The Morgan fingerprint density at radius 3 is 2.29 bits per heavy atom. The zero-order valence-electron chi connectivity index (χ0n) is 9.23.